The Kier molecular flexibility index (Phi) is 6.82. The molecule has 36 heavy (non-hydrogen) atoms. The van der Waals surface area contributed by atoms with Crippen LogP contribution in [-0.4, -0.2) is 21.6 Å². The van der Waals surface area contributed by atoms with Crippen molar-refractivity contribution in [2.24, 2.45) is 0 Å². The number of aryl methyl sites for hydroxylation is 1. The summed E-state index contributed by atoms with van der Waals surface area (Å²) in [6, 6.07) is 27.1. The van der Waals surface area contributed by atoms with E-state index in [1.54, 1.807) is 81.4 Å². The number of hydrogen-bond donors (Lipinski definition) is 0. The summed E-state index contributed by atoms with van der Waals surface area (Å²) in [6.45, 7) is 6.99. The van der Waals surface area contributed by atoms with Gasteiger partial charge in [-0.05, 0) is 99.5 Å². The molecule has 0 aliphatic rings. The van der Waals surface area contributed by atoms with E-state index in [4.69, 9.17) is 4.74 Å². The smallest absolute Gasteiger partial charge is 0.206 e. The van der Waals surface area contributed by atoms with Crippen molar-refractivity contribution in [2.45, 2.75) is 47.1 Å². The minimum atomic E-state index is -3.71. The minimum absolute atomic E-state index is 0.170. The number of sulfone groups is 2. The maximum absolute atomic E-state index is 13.1. The van der Waals surface area contributed by atoms with Gasteiger partial charge in [-0.1, -0.05) is 42.0 Å². The Balaban J connectivity index is 1.52. The van der Waals surface area contributed by atoms with E-state index in [2.05, 4.69) is 0 Å². The SMILES string of the molecule is Cc1ccc(Oc2ccc(S(=O)(=O)c3ccc(-c4ccc(S(=O)(=O)C(C)(C)C)cc4)cc3)cc2)cc1. The number of ether oxygens (including phenoxy) is 1. The van der Waals surface area contributed by atoms with Gasteiger partial charge in [0.25, 0.3) is 0 Å². The maximum Gasteiger partial charge on any atom is 0.206 e. The second-order valence-corrected chi connectivity index (χ2v) is 14.2. The normalized spacial score (nSPS) is 12.3. The molecule has 186 valence electrons. The molecular weight excluding hydrogens is 492 g/mol. The van der Waals surface area contributed by atoms with Gasteiger partial charge in [0.1, 0.15) is 11.5 Å². The molecule has 0 heterocycles. The van der Waals surface area contributed by atoms with Crippen molar-refractivity contribution in [2.75, 3.05) is 0 Å². The minimum Gasteiger partial charge on any atom is -0.457 e. The average Bonchev–Trinajstić information content (AvgIpc) is 2.85. The Morgan fingerprint density at radius 2 is 0.889 bits per heavy atom. The van der Waals surface area contributed by atoms with Gasteiger partial charge in [-0.25, -0.2) is 16.8 Å². The molecule has 0 saturated carbocycles. The Morgan fingerprint density at radius 3 is 1.31 bits per heavy atom. The van der Waals surface area contributed by atoms with Crippen LogP contribution in [0.4, 0.5) is 0 Å². The molecule has 0 unspecified atom stereocenters. The van der Waals surface area contributed by atoms with E-state index in [1.165, 1.54) is 12.1 Å². The van der Waals surface area contributed by atoms with Crippen LogP contribution in [0, 0.1) is 6.92 Å². The first-order valence-corrected chi connectivity index (χ1v) is 14.4. The predicted molar refractivity (Wildman–Crippen MR) is 142 cm³/mol. The molecule has 4 aromatic carbocycles. The summed E-state index contributed by atoms with van der Waals surface area (Å²) in [5.41, 5.74) is 2.71. The molecule has 0 aromatic heterocycles. The monoisotopic (exact) mass is 520 g/mol. The Bertz CT molecular complexity index is 1560. The van der Waals surface area contributed by atoms with Crippen molar-refractivity contribution in [3.63, 3.8) is 0 Å². The van der Waals surface area contributed by atoms with Crippen molar-refractivity contribution in [1.82, 2.24) is 0 Å². The summed E-state index contributed by atoms with van der Waals surface area (Å²) in [7, 11) is -7.15. The van der Waals surface area contributed by atoms with Gasteiger partial charge in [0.2, 0.25) is 9.84 Å². The Hall–Kier alpha value is -3.42. The highest BCUT2D eigenvalue weighted by atomic mass is 32.2. The highest BCUT2D eigenvalue weighted by molar-refractivity contribution is 7.92. The van der Waals surface area contributed by atoms with Crippen LogP contribution in [0.5, 0.6) is 11.5 Å². The lowest BCUT2D eigenvalue weighted by Gasteiger charge is -2.19. The van der Waals surface area contributed by atoms with Gasteiger partial charge >= 0.3 is 0 Å². The lowest BCUT2D eigenvalue weighted by Crippen LogP contribution is -2.27. The molecule has 0 aliphatic carbocycles. The van der Waals surface area contributed by atoms with Gasteiger partial charge in [0, 0.05) is 0 Å². The zero-order valence-corrected chi connectivity index (χ0v) is 22.2. The molecule has 0 spiro atoms. The number of rotatable bonds is 6. The van der Waals surface area contributed by atoms with E-state index < -0.39 is 24.4 Å². The lowest BCUT2D eigenvalue weighted by molar-refractivity contribution is 0.482. The van der Waals surface area contributed by atoms with E-state index in [0.717, 1.165) is 16.7 Å². The molecule has 4 aromatic rings. The summed E-state index contributed by atoms with van der Waals surface area (Å²) >= 11 is 0. The van der Waals surface area contributed by atoms with Gasteiger partial charge in [0.15, 0.2) is 9.84 Å². The van der Waals surface area contributed by atoms with Crippen molar-refractivity contribution >= 4 is 19.7 Å². The van der Waals surface area contributed by atoms with Crippen molar-refractivity contribution < 1.29 is 21.6 Å². The van der Waals surface area contributed by atoms with Crippen molar-refractivity contribution in [3.8, 4) is 22.6 Å². The van der Waals surface area contributed by atoms with E-state index in [0.29, 0.717) is 11.5 Å². The predicted octanol–water partition coefficient (Wildman–Crippen LogP) is 6.86. The fourth-order valence-corrected chi connectivity index (χ4v) is 6.03. The van der Waals surface area contributed by atoms with Crippen LogP contribution in [-0.2, 0) is 19.7 Å². The van der Waals surface area contributed by atoms with Gasteiger partial charge in [0.05, 0.1) is 19.4 Å². The first-order valence-electron chi connectivity index (χ1n) is 11.4. The quantitative estimate of drug-likeness (QED) is 0.278. The highest BCUT2D eigenvalue weighted by Gasteiger charge is 2.30. The Morgan fingerprint density at radius 1 is 0.528 bits per heavy atom. The van der Waals surface area contributed by atoms with Crippen LogP contribution < -0.4 is 4.74 Å². The second-order valence-electron chi connectivity index (χ2n) is 9.55. The third-order valence-electron chi connectivity index (χ3n) is 5.86. The second kappa shape index (κ2) is 9.56. The number of hydrogen-bond acceptors (Lipinski definition) is 5. The average molecular weight is 521 g/mol. The van der Waals surface area contributed by atoms with Gasteiger partial charge in [-0.2, -0.15) is 0 Å². The molecule has 0 N–H and O–H groups in total. The van der Waals surface area contributed by atoms with Crippen LogP contribution in [0.1, 0.15) is 26.3 Å². The van der Waals surface area contributed by atoms with E-state index in [-0.39, 0.29) is 14.7 Å². The molecular formula is C29H28O5S2. The van der Waals surface area contributed by atoms with Crippen molar-refractivity contribution in [3.05, 3.63) is 103 Å². The molecule has 0 radical (unpaired) electrons. The molecule has 0 atom stereocenters. The molecule has 0 aliphatic heterocycles. The first-order chi connectivity index (χ1) is 16.9. The summed E-state index contributed by atoms with van der Waals surface area (Å²) in [6.07, 6.45) is 0. The summed E-state index contributed by atoms with van der Waals surface area (Å²) in [5, 5.41) is 0. The van der Waals surface area contributed by atoms with Crippen LogP contribution in [0.15, 0.2) is 112 Å². The molecule has 0 saturated heterocycles. The fraction of sp³-hybridized carbons (Fsp3) is 0.172. The Labute approximate surface area is 213 Å². The van der Waals surface area contributed by atoms with Gasteiger partial charge in [-0.15, -0.1) is 0 Å². The highest BCUT2D eigenvalue weighted by Crippen LogP contribution is 2.30. The molecule has 0 fully saturated rings. The maximum atomic E-state index is 13.1. The van der Waals surface area contributed by atoms with Gasteiger partial charge < -0.3 is 4.74 Å². The molecule has 5 nitrogen and oxygen atoms in total. The van der Waals surface area contributed by atoms with Crippen LogP contribution >= 0.6 is 0 Å². The molecule has 4 rings (SSSR count). The van der Waals surface area contributed by atoms with E-state index in [1.807, 2.05) is 31.2 Å². The molecule has 0 amide bonds. The third kappa shape index (κ3) is 5.22. The van der Waals surface area contributed by atoms with E-state index >= 15 is 0 Å². The van der Waals surface area contributed by atoms with Crippen molar-refractivity contribution in [1.29, 1.82) is 0 Å². The number of benzene rings is 4. The topological polar surface area (TPSA) is 77.5 Å². The summed E-state index contributed by atoms with van der Waals surface area (Å²) in [4.78, 5) is 0.599. The third-order valence-corrected chi connectivity index (χ3v) is 10.2. The zero-order chi connectivity index (χ0) is 26.1. The molecule has 0 bridgehead atoms. The lowest BCUT2D eigenvalue weighted by atomic mass is 10.1. The summed E-state index contributed by atoms with van der Waals surface area (Å²) in [5.74, 6) is 1.22. The van der Waals surface area contributed by atoms with Gasteiger partial charge in [-0.3, -0.25) is 0 Å². The van der Waals surface area contributed by atoms with E-state index in [9.17, 15) is 16.8 Å². The largest absolute Gasteiger partial charge is 0.457 e. The standard InChI is InChI=1S/C29H28O5S2/c1-21-5-11-24(12-6-21)34-25-13-19-27(20-14-25)35(30,31)26-15-7-22(8-16-26)23-9-17-28(18-10-23)36(32,33)29(2,3)4/h5-20H,1-4H3. The van der Waals surface area contributed by atoms with Crippen LogP contribution in [0.2, 0.25) is 0 Å². The van der Waals surface area contributed by atoms with Crippen LogP contribution in [0.25, 0.3) is 11.1 Å². The zero-order valence-electron chi connectivity index (χ0n) is 20.6. The molecule has 7 heteroatoms. The summed E-state index contributed by atoms with van der Waals surface area (Å²) < 4.78 is 56.4. The first kappa shape index (κ1) is 25.7. The van der Waals surface area contributed by atoms with Crippen LogP contribution in [0.3, 0.4) is 0 Å². The fourth-order valence-electron chi connectivity index (χ4n) is 3.57.